The average Bonchev–Trinajstić information content (AvgIpc) is 3.09. The predicted octanol–water partition coefficient (Wildman–Crippen LogP) is 1.10. The lowest BCUT2D eigenvalue weighted by Gasteiger charge is -2.10. The molecular weight excluding hydrogens is 230 g/mol. The first-order chi connectivity index (χ1) is 8.88. The maximum absolute atomic E-state index is 5.22. The summed E-state index contributed by atoms with van der Waals surface area (Å²) >= 11 is 0. The fourth-order valence-electron chi connectivity index (χ4n) is 2.24. The Morgan fingerprint density at radius 1 is 1.44 bits per heavy atom. The zero-order chi connectivity index (χ0) is 12.4. The van der Waals surface area contributed by atoms with Crippen molar-refractivity contribution >= 4 is 0 Å². The molecule has 1 atom stereocenters. The van der Waals surface area contributed by atoms with Gasteiger partial charge >= 0.3 is 0 Å². The highest BCUT2D eigenvalue weighted by atomic mass is 16.5. The van der Waals surface area contributed by atoms with E-state index in [0.717, 1.165) is 36.6 Å². The molecule has 1 aliphatic rings. The van der Waals surface area contributed by atoms with Gasteiger partial charge in [0.05, 0.1) is 18.8 Å². The number of nitrogens with one attached hydrogen (secondary N) is 1. The van der Waals surface area contributed by atoms with Crippen molar-refractivity contribution in [3.05, 3.63) is 30.1 Å². The van der Waals surface area contributed by atoms with E-state index in [9.17, 15) is 0 Å². The minimum Gasteiger partial charge on any atom is -0.497 e. The minimum absolute atomic E-state index is 0.242. The molecule has 94 valence electrons. The largest absolute Gasteiger partial charge is 0.497 e. The van der Waals surface area contributed by atoms with E-state index >= 15 is 0 Å². The van der Waals surface area contributed by atoms with Gasteiger partial charge < -0.3 is 10.1 Å². The maximum atomic E-state index is 5.22. The van der Waals surface area contributed by atoms with E-state index in [0.29, 0.717) is 0 Å². The molecule has 3 rings (SSSR count). The van der Waals surface area contributed by atoms with Crippen molar-refractivity contribution in [2.45, 2.75) is 18.9 Å². The van der Waals surface area contributed by atoms with Crippen LogP contribution in [0.2, 0.25) is 0 Å². The van der Waals surface area contributed by atoms with Crippen LogP contribution in [0.25, 0.3) is 5.69 Å². The molecule has 1 unspecified atom stereocenters. The smallest absolute Gasteiger partial charge is 0.173 e. The second kappa shape index (κ2) is 4.73. The molecule has 1 saturated heterocycles. The van der Waals surface area contributed by atoms with Gasteiger partial charge in [-0.3, -0.25) is 0 Å². The first kappa shape index (κ1) is 11.2. The van der Waals surface area contributed by atoms with E-state index in [-0.39, 0.29) is 6.04 Å². The Morgan fingerprint density at radius 2 is 2.39 bits per heavy atom. The first-order valence-electron chi connectivity index (χ1n) is 6.04. The van der Waals surface area contributed by atoms with Crippen molar-refractivity contribution in [2.24, 2.45) is 0 Å². The van der Waals surface area contributed by atoms with Crippen LogP contribution in [0, 0.1) is 0 Å². The number of benzene rings is 1. The van der Waals surface area contributed by atoms with Crippen LogP contribution >= 0.6 is 0 Å². The van der Waals surface area contributed by atoms with Gasteiger partial charge in [0.2, 0.25) is 0 Å². The Morgan fingerprint density at radius 3 is 3.17 bits per heavy atom. The fourth-order valence-corrected chi connectivity index (χ4v) is 2.24. The van der Waals surface area contributed by atoms with Crippen LogP contribution in [-0.2, 0) is 0 Å². The SMILES string of the molecule is COc1cccc(-n2nnnc2C2CCCN2)c1. The lowest BCUT2D eigenvalue weighted by Crippen LogP contribution is -2.18. The van der Waals surface area contributed by atoms with E-state index in [2.05, 4.69) is 20.8 Å². The van der Waals surface area contributed by atoms with E-state index in [4.69, 9.17) is 4.74 Å². The zero-order valence-corrected chi connectivity index (χ0v) is 10.2. The van der Waals surface area contributed by atoms with Crippen LogP contribution in [0.3, 0.4) is 0 Å². The number of ether oxygens (including phenoxy) is 1. The van der Waals surface area contributed by atoms with E-state index in [1.165, 1.54) is 0 Å². The number of aromatic nitrogens is 4. The van der Waals surface area contributed by atoms with Gasteiger partial charge in [0, 0.05) is 6.07 Å². The summed E-state index contributed by atoms with van der Waals surface area (Å²) in [4.78, 5) is 0. The lowest BCUT2D eigenvalue weighted by atomic mass is 10.2. The summed E-state index contributed by atoms with van der Waals surface area (Å²) in [6.07, 6.45) is 2.24. The van der Waals surface area contributed by atoms with Gasteiger partial charge in [0.25, 0.3) is 0 Å². The van der Waals surface area contributed by atoms with Gasteiger partial charge in [-0.05, 0) is 41.9 Å². The third kappa shape index (κ3) is 1.95. The van der Waals surface area contributed by atoms with Crippen LogP contribution in [-0.4, -0.2) is 33.9 Å². The summed E-state index contributed by atoms with van der Waals surface area (Å²) in [5, 5.41) is 15.4. The van der Waals surface area contributed by atoms with E-state index < -0.39 is 0 Å². The quantitative estimate of drug-likeness (QED) is 0.877. The van der Waals surface area contributed by atoms with Crippen molar-refractivity contribution in [2.75, 3.05) is 13.7 Å². The van der Waals surface area contributed by atoms with Crippen LogP contribution in [0.15, 0.2) is 24.3 Å². The van der Waals surface area contributed by atoms with Gasteiger partial charge in [0.15, 0.2) is 5.82 Å². The molecule has 1 aromatic carbocycles. The third-order valence-corrected chi connectivity index (χ3v) is 3.16. The Kier molecular flexibility index (Phi) is 2.93. The fraction of sp³-hybridized carbons (Fsp3) is 0.417. The molecule has 1 N–H and O–H groups in total. The molecule has 6 nitrogen and oxygen atoms in total. The maximum Gasteiger partial charge on any atom is 0.173 e. The number of rotatable bonds is 3. The Balaban J connectivity index is 1.98. The highest BCUT2D eigenvalue weighted by Gasteiger charge is 2.23. The second-order valence-electron chi connectivity index (χ2n) is 4.30. The van der Waals surface area contributed by atoms with Gasteiger partial charge in [-0.2, -0.15) is 4.68 Å². The van der Waals surface area contributed by atoms with Gasteiger partial charge in [-0.1, -0.05) is 6.07 Å². The molecule has 1 aliphatic heterocycles. The number of tetrazole rings is 1. The molecule has 0 spiro atoms. The van der Waals surface area contributed by atoms with Gasteiger partial charge in [0.1, 0.15) is 5.75 Å². The van der Waals surface area contributed by atoms with Gasteiger partial charge in [-0.25, -0.2) is 0 Å². The minimum atomic E-state index is 0.242. The molecule has 2 aromatic rings. The summed E-state index contributed by atoms with van der Waals surface area (Å²) in [5.74, 6) is 1.66. The van der Waals surface area contributed by atoms with E-state index in [1.807, 2.05) is 24.3 Å². The Hall–Kier alpha value is -1.95. The molecule has 0 amide bonds. The number of methoxy groups -OCH3 is 1. The number of hydrogen-bond donors (Lipinski definition) is 1. The van der Waals surface area contributed by atoms with Crippen molar-refractivity contribution in [1.82, 2.24) is 25.5 Å². The first-order valence-corrected chi connectivity index (χ1v) is 6.04. The Bertz CT molecular complexity index is 533. The molecular formula is C12H15N5O. The average molecular weight is 245 g/mol. The molecule has 1 aromatic heterocycles. The highest BCUT2D eigenvalue weighted by Crippen LogP contribution is 2.23. The normalized spacial score (nSPS) is 19.1. The van der Waals surface area contributed by atoms with Gasteiger partial charge in [-0.15, -0.1) is 5.10 Å². The molecule has 18 heavy (non-hydrogen) atoms. The zero-order valence-electron chi connectivity index (χ0n) is 10.2. The number of nitrogens with zero attached hydrogens (tertiary/aromatic N) is 4. The standard InChI is InChI=1S/C12H15N5O/c1-18-10-5-2-4-9(8-10)17-12(14-15-16-17)11-6-3-7-13-11/h2,4-5,8,11,13H,3,6-7H2,1H3. The van der Waals surface area contributed by atoms with Crippen LogP contribution in [0.1, 0.15) is 24.7 Å². The summed E-state index contributed by atoms with van der Waals surface area (Å²) in [6.45, 7) is 1.02. The third-order valence-electron chi connectivity index (χ3n) is 3.16. The van der Waals surface area contributed by atoms with Crippen LogP contribution < -0.4 is 10.1 Å². The molecule has 6 heteroatoms. The van der Waals surface area contributed by atoms with Crippen molar-refractivity contribution in [3.8, 4) is 11.4 Å². The molecule has 0 radical (unpaired) electrons. The molecule has 2 heterocycles. The predicted molar refractivity (Wildman–Crippen MR) is 65.7 cm³/mol. The topological polar surface area (TPSA) is 64.9 Å². The monoisotopic (exact) mass is 245 g/mol. The highest BCUT2D eigenvalue weighted by molar-refractivity contribution is 5.39. The molecule has 0 saturated carbocycles. The summed E-state index contributed by atoms with van der Waals surface area (Å²) < 4.78 is 6.99. The Labute approximate surface area is 105 Å². The summed E-state index contributed by atoms with van der Waals surface area (Å²) in [6, 6.07) is 7.97. The summed E-state index contributed by atoms with van der Waals surface area (Å²) in [7, 11) is 1.65. The van der Waals surface area contributed by atoms with Crippen LogP contribution in [0.4, 0.5) is 0 Å². The van der Waals surface area contributed by atoms with Crippen LogP contribution in [0.5, 0.6) is 5.75 Å². The number of hydrogen-bond acceptors (Lipinski definition) is 5. The van der Waals surface area contributed by atoms with Crippen molar-refractivity contribution in [3.63, 3.8) is 0 Å². The second-order valence-corrected chi connectivity index (χ2v) is 4.30. The van der Waals surface area contributed by atoms with Crippen molar-refractivity contribution < 1.29 is 4.74 Å². The van der Waals surface area contributed by atoms with Crippen molar-refractivity contribution in [1.29, 1.82) is 0 Å². The molecule has 0 bridgehead atoms. The summed E-state index contributed by atoms with van der Waals surface area (Å²) in [5.41, 5.74) is 0.919. The molecule has 1 fully saturated rings. The molecule has 0 aliphatic carbocycles. The lowest BCUT2D eigenvalue weighted by molar-refractivity contribution is 0.414. The van der Waals surface area contributed by atoms with E-state index in [1.54, 1.807) is 11.8 Å².